The number of carbonyl (C=O) groups excluding carboxylic acids is 2. The van der Waals surface area contributed by atoms with E-state index in [1.807, 2.05) is 24.3 Å². The van der Waals surface area contributed by atoms with Crippen molar-refractivity contribution < 1.29 is 14.3 Å². The lowest BCUT2D eigenvalue weighted by Crippen LogP contribution is -2.29. The van der Waals surface area contributed by atoms with Gasteiger partial charge in [0.15, 0.2) is 0 Å². The van der Waals surface area contributed by atoms with E-state index in [2.05, 4.69) is 5.32 Å². The normalized spacial score (nSPS) is 14.8. The minimum Gasteiger partial charge on any atom is -0.496 e. The summed E-state index contributed by atoms with van der Waals surface area (Å²) in [5.74, 6) is -0.0120. The van der Waals surface area contributed by atoms with Gasteiger partial charge in [-0.2, -0.15) is 0 Å². The monoisotopic (exact) mass is 310 g/mol. The first-order valence-electron chi connectivity index (χ1n) is 7.42. The Hall–Kier alpha value is -2.82. The predicted molar refractivity (Wildman–Crippen MR) is 87.5 cm³/mol. The van der Waals surface area contributed by atoms with E-state index in [-0.39, 0.29) is 5.91 Å². The fraction of sp³-hybridized carbons (Fsp3) is 0.222. The Morgan fingerprint density at radius 3 is 2.39 bits per heavy atom. The van der Waals surface area contributed by atoms with Gasteiger partial charge in [-0.1, -0.05) is 30.3 Å². The number of methoxy groups -OCH3 is 1. The lowest BCUT2D eigenvalue weighted by Gasteiger charge is -2.19. The topological polar surface area (TPSA) is 81.4 Å². The van der Waals surface area contributed by atoms with Crippen LogP contribution in [0, 0.1) is 0 Å². The van der Waals surface area contributed by atoms with Gasteiger partial charge >= 0.3 is 0 Å². The van der Waals surface area contributed by atoms with Crippen LogP contribution in [0.2, 0.25) is 0 Å². The second kappa shape index (κ2) is 5.76. The molecule has 1 aliphatic carbocycles. The van der Waals surface area contributed by atoms with E-state index < -0.39 is 11.3 Å². The molecular weight excluding hydrogens is 292 g/mol. The van der Waals surface area contributed by atoms with Crippen molar-refractivity contribution in [3.63, 3.8) is 0 Å². The van der Waals surface area contributed by atoms with E-state index in [4.69, 9.17) is 10.5 Å². The molecule has 0 aliphatic heterocycles. The summed E-state index contributed by atoms with van der Waals surface area (Å²) in [6, 6.07) is 14.3. The van der Waals surface area contributed by atoms with E-state index >= 15 is 0 Å². The molecule has 2 aromatic carbocycles. The van der Waals surface area contributed by atoms with Crippen molar-refractivity contribution in [3.05, 3.63) is 59.7 Å². The fourth-order valence-corrected chi connectivity index (χ4v) is 2.83. The molecule has 1 fully saturated rings. The van der Waals surface area contributed by atoms with Crippen molar-refractivity contribution >= 4 is 17.5 Å². The minimum absolute atomic E-state index is 0.143. The molecule has 0 aromatic heterocycles. The molecule has 0 saturated heterocycles. The molecule has 118 valence electrons. The largest absolute Gasteiger partial charge is 0.496 e. The average Bonchev–Trinajstić information content (AvgIpc) is 3.37. The highest BCUT2D eigenvalue weighted by Crippen LogP contribution is 2.52. The van der Waals surface area contributed by atoms with Gasteiger partial charge in [-0.25, -0.2) is 0 Å². The van der Waals surface area contributed by atoms with Crippen LogP contribution >= 0.6 is 0 Å². The van der Waals surface area contributed by atoms with Gasteiger partial charge in [0, 0.05) is 5.56 Å². The van der Waals surface area contributed by atoms with Gasteiger partial charge in [0.05, 0.1) is 23.8 Å². The molecule has 3 rings (SSSR count). The zero-order valence-electron chi connectivity index (χ0n) is 12.8. The number of anilines is 1. The van der Waals surface area contributed by atoms with Crippen molar-refractivity contribution in [2.24, 2.45) is 5.73 Å². The molecule has 0 bridgehead atoms. The molecular formula is C18H18N2O3. The summed E-state index contributed by atoms with van der Waals surface area (Å²) in [6.45, 7) is 0. The van der Waals surface area contributed by atoms with Crippen molar-refractivity contribution in [2.45, 2.75) is 18.3 Å². The fourth-order valence-electron chi connectivity index (χ4n) is 2.83. The number of amides is 2. The molecule has 1 saturated carbocycles. The molecule has 0 spiro atoms. The number of nitrogens with two attached hydrogens (primary N) is 1. The van der Waals surface area contributed by atoms with E-state index in [0.29, 0.717) is 17.0 Å². The Balaban J connectivity index is 1.91. The summed E-state index contributed by atoms with van der Waals surface area (Å²) in [6.07, 6.45) is 1.50. The number of ether oxygens (including phenoxy) is 1. The van der Waals surface area contributed by atoms with E-state index in [9.17, 15) is 9.59 Å². The van der Waals surface area contributed by atoms with Crippen molar-refractivity contribution in [3.8, 4) is 5.75 Å². The lowest BCUT2D eigenvalue weighted by molar-refractivity contribution is -0.118. The number of carbonyl (C=O) groups is 2. The first kappa shape index (κ1) is 15.1. The Bertz CT molecular complexity index is 766. The van der Waals surface area contributed by atoms with E-state index in [0.717, 1.165) is 18.4 Å². The highest BCUT2D eigenvalue weighted by Gasteiger charge is 2.52. The first-order valence-corrected chi connectivity index (χ1v) is 7.42. The molecule has 2 aromatic rings. The van der Waals surface area contributed by atoms with Crippen molar-refractivity contribution in [1.82, 2.24) is 0 Å². The second-order valence-electron chi connectivity index (χ2n) is 5.65. The number of para-hydroxylation sites is 2. The number of hydrogen-bond donors (Lipinski definition) is 2. The van der Waals surface area contributed by atoms with Crippen LogP contribution in [-0.4, -0.2) is 18.9 Å². The summed E-state index contributed by atoms with van der Waals surface area (Å²) < 4.78 is 5.38. The zero-order valence-corrected chi connectivity index (χ0v) is 12.8. The molecule has 0 radical (unpaired) electrons. The second-order valence-corrected chi connectivity index (χ2v) is 5.65. The highest BCUT2D eigenvalue weighted by molar-refractivity contribution is 6.07. The Kier molecular flexibility index (Phi) is 3.78. The average molecular weight is 310 g/mol. The predicted octanol–water partition coefficient (Wildman–Crippen LogP) is 2.46. The molecule has 2 amide bonds. The number of nitrogens with one attached hydrogen (secondary N) is 1. The summed E-state index contributed by atoms with van der Waals surface area (Å²) in [5, 5.41) is 2.85. The Labute approximate surface area is 134 Å². The Morgan fingerprint density at radius 2 is 1.74 bits per heavy atom. The van der Waals surface area contributed by atoms with Gasteiger partial charge in [0.1, 0.15) is 5.75 Å². The minimum atomic E-state index is -0.600. The van der Waals surface area contributed by atoms with Crippen LogP contribution in [-0.2, 0) is 10.2 Å². The summed E-state index contributed by atoms with van der Waals surface area (Å²) in [7, 11) is 1.59. The maximum atomic E-state index is 12.8. The molecule has 23 heavy (non-hydrogen) atoms. The molecule has 0 heterocycles. The quantitative estimate of drug-likeness (QED) is 0.890. The van der Waals surface area contributed by atoms with Crippen LogP contribution in [0.1, 0.15) is 28.8 Å². The smallest absolute Gasteiger partial charge is 0.250 e. The van der Waals surface area contributed by atoms with Crippen molar-refractivity contribution in [1.29, 1.82) is 0 Å². The SMILES string of the molecule is COc1ccccc1C1(C(=O)Nc2ccccc2C(N)=O)CC1. The van der Waals surface area contributed by atoms with Gasteiger partial charge in [-0.05, 0) is 31.0 Å². The van der Waals surface area contributed by atoms with Gasteiger partial charge in [-0.3, -0.25) is 9.59 Å². The standard InChI is InChI=1S/C18H18N2O3/c1-23-15-9-5-3-7-13(15)18(10-11-18)17(22)20-14-8-4-2-6-12(14)16(19)21/h2-9H,10-11H2,1H3,(H2,19,21)(H,20,22). The molecule has 5 nitrogen and oxygen atoms in total. The summed E-state index contributed by atoms with van der Waals surface area (Å²) in [4.78, 5) is 24.3. The third kappa shape index (κ3) is 2.65. The molecule has 0 atom stereocenters. The third-order valence-electron chi connectivity index (χ3n) is 4.25. The van der Waals surface area contributed by atoms with Crippen LogP contribution < -0.4 is 15.8 Å². The van der Waals surface area contributed by atoms with Crippen molar-refractivity contribution in [2.75, 3.05) is 12.4 Å². The Morgan fingerprint density at radius 1 is 1.09 bits per heavy atom. The number of rotatable bonds is 5. The lowest BCUT2D eigenvalue weighted by atomic mass is 9.93. The molecule has 0 unspecified atom stereocenters. The van der Waals surface area contributed by atoms with E-state index in [1.54, 1.807) is 31.4 Å². The maximum absolute atomic E-state index is 12.8. The van der Waals surface area contributed by atoms with Crippen LogP contribution in [0.4, 0.5) is 5.69 Å². The summed E-state index contributed by atoms with van der Waals surface area (Å²) >= 11 is 0. The van der Waals surface area contributed by atoms with Gasteiger partial charge in [0.2, 0.25) is 5.91 Å². The molecule has 1 aliphatic rings. The maximum Gasteiger partial charge on any atom is 0.250 e. The first-order chi connectivity index (χ1) is 11.1. The van der Waals surface area contributed by atoms with Crippen LogP contribution in [0.25, 0.3) is 0 Å². The van der Waals surface area contributed by atoms with Crippen LogP contribution in [0.3, 0.4) is 0 Å². The number of primary amides is 1. The third-order valence-corrected chi connectivity index (χ3v) is 4.25. The van der Waals surface area contributed by atoms with Gasteiger partial charge in [-0.15, -0.1) is 0 Å². The van der Waals surface area contributed by atoms with Crippen LogP contribution in [0.5, 0.6) is 5.75 Å². The highest BCUT2D eigenvalue weighted by atomic mass is 16.5. The number of benzene rings is 2. The van der Waals surface area contributed by atoms with Crippen LogP contribution in [0.15, 0.2) is 48.5 Å². The van der Waals surface area contributed by atoms with E-state index in [1.165, 1.54) is 0 Å². The van der Waals surface area contributed by atoms with Gasteiger partial charge in [0.25, 0.3) is 5.91 Å². The molecule has 5 heteroatoms. The molecule has 3 N–H and O–H groups in total. The van der Waals surface area contributed by atoms with Gasteiger partial charge < -0.3 is 15.8 Å². The number of hydrogen-bond acceptors (Lipinski definition) is 3. The summed E-state index contributed by atoms with van der Waals surface area (Å²) in [5.41, 5.74) is 6.37. The zero-order chi connectivity index (χ0) is 16.4.